The molecule has 1 saturated carbocycles. The van der Waals surface area contributed by atoms with E-state index in [2.05, 4.69) is 61.2 Å². The van der Waals surface area contributed by atoms with Crippen LogP contribution in [0.3, 0.4) is 0 Å². The second kappa shape index (κ2) is 12.6. The lowest BCUT2D eigenvalue weighted by molar-refractivity contribution is -0.286. The number of ether oxygens (including phenoxy) is 1. The van der Waals surface area contributed by atoms with Crippen LogP contribution in [0.15, 0.2) is 72.8 Å². The van der Waals surface area contributed by atoms with E-state index in [1.807, 2.05) is 6.07 Å². The first-order valence-electron chi connectivity index (χ1n) is 13.2. The predicted octanol–water partition coefficient (Wildman–Crippen LogP) is 7.16. The monoisotopic (exact) mass is 476 g/mol. The van der Waals surface area contributed by atoms with Gasteiger partial charge in [-0.05, 0) is 80.1 Å². The Morgan fingerprint density at radius 2 is 1.60 bits per heavy atom. The maximum atomic E-state index is 9.79. The summed E-state index contributed by atoms with van der Waals surface area (Å²) < 4.78 is 5.82. The molecule has 0 radical (unpaired) electrons. The smallest absolute Gasteiger partial charge is 0.0970 e. The molecule has 4 heteroatoms. The highest BCUT2D eigenvalue weighted by Gasteiger charge is 2.57. The molecule has 1 fully saturated rings. The number of fused-ring (bicyclic) bond motifs is 1. The topological polar surface area (TPSA) is 58.9 Å². The summed E-state index contributed by atoms with van der Waals surface area (Å²) in [5.74, 6) is 0.188. The Morgan fingerprint density at radius 1 is 0.914 bits per heavy atom. The Morgan fingerprint density at radius 3 is 2.29 bits per heavy atom. The molecule has 188 valence electrons. The zero-order chi connectivity index (χ0) is 24.5. The molecule has 0 saturated heterocycles. The highest BCUT2D eigenvalue weighted by molar-refractivity contribution is 5.90. The Bertz CT molecular complexity index is 968. The molecule has 0 bridgehead atoms. The van der Waals surface area contributed by atoms with Crippen LogP contribution in [0.5, 0.6) is 0 Å². The van der Waals surface area contributed by atoms with Crippen LogP contribution >= 0.6 is 0 Å². The number of aliphatic hydroxyl groups excluding tert-OH is 1. The Kier molecular flexibility index (Phi) is 9.33. The van der Waals surface area contributed by atoms with Gasteiger partial charge in [0.1, 0.15) is 0 Å². The lowest BCUT2D eigenvalue weighted by Gasteiger charge is -2.37. The third-order valence-corrected chi connectivity index (χ3v) is 7.99. The molecule has 35 heavy (non-hydrogen) atoms. The summed E-state index contributed by atoms with van der Waals surface area (Å²) in [7, 11) is 0. The molecule has 3 unspecified atom stereocenters. The minimum absolute atomic E-state index is 0.172. The summed E-state index contributed by atoms with van der Waals surface area (Å²) >= 11 is 0. The van der Waals surface area contributed by atoms with E-state index in [9.17, 15) is 5.26 Å². The number of rotatable bonds is 14. The van der Waals surface area contributed by atoms with Crippen molar-refractivity contribution in [2.75, 3.05) is 19.8 Å². The number of hydrogen-bond acceptors (Lipinski definition) is 4. The summed E-state index contributed by atoms with van der Waals surface area (Å²) in [6.07, 6.45) is 8.55. The summed E-state index contributed by atoms with van der Waals surface area (Å²) in [6, 6.07) is 21.3. The molecule has 2 aromatic carbocycles. The molecule has 0 aromatic heterocycles. The van der Waals surface area contributed by atoms with Gasteiger partial charge < -0.3 is 9.84 Å². The molecule has 3 atom stereocenters. The molecular weight excluding hydrogens is 436 g/mol. The van der Waals surface area contributed by atoms with Gasteiger partial charge in [0.05, 0.1) is 6.10 Å². The summed E-state index contributed by atoms with van der Waals surface area (Å²) in [5.41, 5.74) is 6.22. The fourth-order valence-corrected chi connectivity index (χ4v) is 6.35. The predicted molar refractivity (Wildman–Crippen MR) is 142 cm³/mol. The number of unbranched alkanes of at least 4 members (excludes halogenated alkanes) is 3. The normalized spacial score (nSPS) is 23.6. The fraction of sp³-hybridized carbons (Fsp3) is 0.484. The van der Waals surface area contributed by atoms with E-state index >= 15 is 0 Å². The standard InChI is InChI=1S/C31H40O4/c1-24(25-13-5-2-6-14-25)31-19-18-29(35-33)28(31)23-27(30(31)26-15-7-3-8-16-26)17-9-12-22-34-21-11-4-10-20-32/h2-3,5-8,13-16,28-29,32-33H,1,4,9-12,17-23H2. The number of benzene rings is 2. The Balaban J connectivity index is 1.55. The number of aliphatic hydroxyl groups is 1. The van der Waals surface area contributed by atoms with Crippen molar-refractivity contribution < 1.29 is 20.0 Å². The van der Waals surface area contributed by atoms with Gasteiger partial charge in [-0.25, -0.2) is 4.89 Å². The molecule has 0 amide bonds. The molecule has 4 nitrogen and oxygen atoms in total. The van der Waals surface area contributed by atoms with Crippen LogP contribution in [-0.2, 0) is 9.62 Å². The van der Waals surface area contributed by atoms with E-state index in [4.69, 9.17) is 14.7 Å². The van der Waals surface area contributed by atoms with E-state index in [0.29, 0.717) is 0 Å². The zero-order valence-corrected chi connectivity index (χ0v) is 20.8. The van der Waals surface area contributed by atoms with Crippen LogP contribution in [0, 0.1) is 11.3 Å². The summed E-state index contributed by atoms with van der Waals surface area (Å²) in [5, 5.41) is 18.7. The van der Waals surface area contributed by atoms with Crippen LogP contribution in [0.1, 0.15) is 68.9 Å². The quantitative estimate of drug-likeness (QED) is 0.172. The molecule has 2 aromatic rings. The third-order valence-electron chi connectivity index (χ3n) is 7.99. The maximum Gasteiger partial charge on any atom is 0.0970 e. The van der Waals surface area contributed by atoms with Gasteiger partial charge in [-0.15, -0.1) is 0 Å². The van der Waals surface area contributed by atoms with Crippen LogP contribution in [-0.4, -0.2) is 36.3 Å². The van der Waals surface area contributed by atoms with E-state index < -0.39 is 0 Å². The highest BCUT2D eigenvalue weighted by Crippen LogP contribution is 2.66. The molecule has 4 rings (SSSR count). The van der Waals surface area contributed by atoms with Crippen molar-refractivity contribution in [2.45, 2.75) is 63.9 Å². The molecule has 2 aliphatic carbocycles. The van der Waals surface area contributed by atoms with Crippen molar-refractivity contribution in [1.29, 1.82) is 0 Å². The number of hydrogen-bond donors (Lipinski definition) is 2. The fourth-order valence-electron chi connectivity index (χ4n) is 6.35. The average molecular weight is 477 g/mol. The van der Waals surface area contributed by atoms with Gasteiger partial charge in [-0.2, -0.15) is 0 Å². The van der Waals surface area contributed by atoms with E-state index in [0.717, 1.165) is 76.6 Å². The van der Waals surface area contributed by atoms with Crippen molar-refractivity contribution in [3.63, 3.8) is 0 Å². The first-order chi connectivity index (χ1) is 17.2. The molecular formula is C31H40O4. The van der Waals surface area contributed by atoms with Crippen molar-refractivity contribution in [3.8, 4) is 0 Å². The zero-order valence-electron chi connectivity index (χ0n) is 20.8. The van der Waals surface area contributed by atoms with Gasteiger partial charge in [-0.1, -0.05) is 72.8 Å². The van der Waals surface area contributed by atoms with E-state index in [1.54, 1.807) is 0 Å². The SMILES string of the molecule is C=C(c1ccccc1)C12CCC(OO)C1CC(CCCCOCCCCCO)=C2c1ccccc1. The van der Waals surface area contributed by atoms with Crippen molar-refractivity contribution in [3.05, 3.63) is 83.9 Å². The Labute approximate surface area is 210 Å². The van der Waals surface area contributed by atoms with Crippen molar-refractivity contribution in [2.24, 2.45) is 11.3 Å². The highest BCUT2D eigenvalue weighted by atomic mass is 17.1. The van der Waals surface area contributed by atoms with Gasteiger partial charge in [-0.3, -0.25) is 5.26 Å². The molecule has 2 N–H and O–H groups in total. The average Bonchev–Trinajstić information content (AvgIpc) is 3.42. The van der Waals surface area contributed by atoms with E-state index in [-0.39, 0.29) is 24.0 Å². The molecule has 2 aliphatic rings. The summed E-state index contributed by atoms with van der Waals surface area (Å²) in [6.45, 7) is 6.48. The van der Waals surface area contributed by atoms with Crippen LogP contribution in [0.25, 0.3) is 11.1 Å². The summed E-state index contributed by atoms with van der Waals surface area (Å²) in [4.78, 5) is 5.06. The molecule has 0 heterocycles. The van der Waals surface area contributed by atoms with Crippen LogP contribution in [0.2, 0.25) is 0 Å². The first kappa shape index (κ1) is 25.8. The third kappa shape index (κ3) is 5.62. The Hall–Kier alpha value is -2.24. The molecule has 0 aliphatic heterocycles. The lowest BCUT2D eigenvalue weighted by atomic mass is 9.66. The van der Waals surface area contributed by atoms with Crippen LogP contribution < -0.4 is 0 Å². The van der Waals surface area contributed by atoms with Crippen molar-refractivity contribution >= 4 is 11.1 Å². The first-order valence-corrected chi connectivity index (χ1v) is 13.2. The van der Waals surface area contributed by atoms with Gasteiger partial charge in [0.2, 0.25) is 0 Å². The lowest BCUT2D eigenvalue weighted by Crippen LogP contribution is -2.30. The van der Waals surface area contributed by atoms with Gasteiger partial charge in [0.25, 0.3) is 0 Å². The largest absolute Gasteiger partial charge is 0.396 e. The second-order valence-electron chi connectivity index (χ2n) is 10.0. The minimum atomic E-state index is -0.228. The van der Waals surface area contributed by atoms with Crippen molar-refractivity contribution in [1.82, 2.24) is 0 Å². The van der Waals surface area contributed by atoms with Gasteiger partial charge >= 0.3 is 0 Å². The van der Waals surface area contributed by atoms with E-state index in [1.165, 1.54) is 22.3 Å². The second-order valence-corrected chi connectivity index (χ2v) is 10.0. The maximum absolute atomic E-state index is 9.79. The van der Waals surface area contributed by atoms with Gasteiger partial charge in [0.15, 0.2) is 0 Å². The van der Waals surface area contributed by atoms with Gasteiger partial charge in [0, 0.05) is 31.2 Å². The van der Waals surface area contributed by atoms with Crippen LogP contribution in [0.4, 0.5) is 0 Å². The minimum Gasteiger partial charge on any atom is -0.396 e. The number of allylic oxidation sites excluding steroid dienone is 3. The molecule has 0 spiro atoms.